The molecule has 0 aliphatic heterocycles. The summed E-state index contributed by atoms with van der Waals surface area (Å²) in [4.78, 5) is 8.37. The molecule has 2 heterocycles. The molecule has 0 amide bonds. The molecule has 1 aliphatic rings. The van der Waals surface area contributed by atoms with Gasteiger partial charge in [-0.3, -0.25) is 8.78 Å². The molecule has 0 fully saturated rings. The fourth-order valence-corrected chi connectivity index (χ4v) is 5.32. The zero-order valence-electron chi connectivity index (χ0n) is 22.5. The van der Waals surface area contributed by atoms with Gasteiger partial charge in [-0.2, -0.15) is 0 Å². The van der Waals surface area contributed by atoms with Crippen LogP contribution in [0.15, 0.2) is 97.3 Å². The normalized spacial score (nSPS) is 12.5. The number of fused-ring (bicyclic) bond motifs is 4. The predicted octanol–water partition coefficient (Wildman–Crippen LogP) is 9.11. The van der Waals surface area contributed by atoms with Gasteiger partial charge in [-0.15, -0.1) is 53.6 Å². The van der Waals surface area contributed by atoms with Crippen LogP contribution >= 0.6 is 0 Å². The van der Waals surface area contributed by atoms with Crippen molar-refractivity contribution in [2.24, 2.45) is 0 Å². The molecule has 0 saturated carbocycles. The molecule has 0 atom stereocenters. The largest absolute Gasteiger partial charge is 0.304 e. The van der Waals surface area contributed by atoms with E-state index in [0.29, 0.717) is 22.5 Å². The fraction of sp³-hybridized carbons (Fsp3) is 0.0857. The summed E-state index contributed by atoms with van der Waals surface area (Å²) in [6.07, 6.45) is 2.84. The van der Waals surface area contributed by atoms with Gasteiger partial charge in [0.05, 0.1) is 17.8 Å². The molecular formula is C35H22F4IrN2-2. The van der Waals surface area contributed by atoms with E-state index in [-0.39, 0.29) is 31.3 Å². The van der Waals surface area contributed by atoms with Gasteiger partial charge < -0.3 is 9.97 Å². The first-order chi connectivity index (χ1) is 19.7. The van der Waals surface area contributed by atoms with Crippen LogP contribution in [0.25, 0.3) is 44.4 Å². The first-order valence-corrected chi connectivity index (χ1v) is 12.9. The van der Waals surface area contributed by atoms with Crippen molar-refractivity contribution < 1.29 is 37.7 Å². The number of pyridine rings is 2. The molecule has 0 bridgehead atoms. The Hall–Kier alpha value is -4.19. The topological polar surface area (TPSA) is 25.8 Å². The molecule has 6 aromatic rings. The molecule has 0 N–H and O–H groups in total. The van der Waals surface area contributed by atoms with E-state index in [1.807, 2.05) is 18.2 Å². The molecule has 0 spiro atoms. The van der Waals surface area contributed by atoms with Gasteiger partial charge in [0.15, 0.2) is 0 Å². The second-order valence-corrected chi connectivity index (χ2v) is 10.3. The number of rotatable bonds is 2. The van der Waals surface area contributed by atoms with Crippen molar-refractivity contribution in [2.45, 2.75) is 19.3 Å². The second-order valence-electron chi connectivity index (χ2n) is 10.3. The standard InChI is InChI=1S/C24H16F2N.C11H6F2N.Ir/c1-24(2)19-12-15-6-4-3-5-14(15)11-18(19)17-9-10-27-23(22(17)24)16-7-8-20(25)21(26)13-16;12-9-3-1-8(2-4-9)11-6-5-10(13)7-14-11;/h3-6,8-13H,1-2H3;1,3-7H;/q2*-1;. The van der Waals surface area contributed by atoms with Crippen LogP contribution in [0.1, 0.15) is 25.0 Å². The van der Waals surface area contributed by atoms with Crippen LogP contribution in [-0.2, 0) is 25.5 Å². The van der Waals surface area contributed by atoms with Crippen molar-refractivity contribution in [1.29, 1.82) is 0 Å². The molecule has 7 rings (SSSR count). The average Bonchev–Trinajstić information content (AvgIpc) is 3.20. The summed E-state index contributed by atoms with van der Waals surface area (Å²) in [5, 5.41) is 2.36. The van der Waals surface area contributed by atoms with Crippen molar-refractivity contribution in [3.8, 4) is 33.6 Å². The van der Waals surface area contributed by atoms with E-state index in [1.165, 1.54) is 52.2 Å². The summed E-state index contributed by atoms with van der Waals surface area (Å²) in [5.41, 5.74) is 6.52. The maximum Gasteiger partial charge on any atom is 0.139 e. The molecule has 2 aromatic heterocycles. The first kappa shape index (κ1) is 29.3. The van der Waals surface area contributed by atoms with Crippen LogP contribution in [-0.4, -0.2) is 9.97 Å². The van der Waals surface area contributed by atoms with Gasteiger partial charge in [-0.05, 0) is 68.7 Å². The maximum absolute atomic E-state index is 13.8. The third kappa shape index (κ3) is 5.38. The molecule has 0 saturated heterocycles. The van der Waals surface area contributed by atoms with Crippen molar-refractivity contribution in [1.82, 2.24) is 9.97 Å². The molecule has 211 valence electrons. The molecular weight excluding hydrogens is 717 g/mol. The number of hydrogen-bond acceptors (Lipinski definition) is 2. The van der Waals surface area contributed by atoms with Gasteiger partial charge in [0, 0.05) is 37.5 Å². The molecule has 1 aliphatic carbocycles. The van der Waals surface area contributed by atoms with Gasteiger partial charge in [-0.25, -0.2) is 8.78 Å². The molecule has 2 nitrogen and oxygen atoms in total. The molecule has 42 heavy (non-hydrogen) atoms. The average molecular weight is 739 g/mol. The Labute approximate surface area is 254 Å². The van der Waals surface area contributed by atoms with E-state index in [1.54, 1.807) is 12.3 Å². The zero-order valence-corrected chi connectivity index (χ0v) is 24.9. The van der Waals surface area contributed by atoms with E-state index >= 15 is 0 Å². The Morgan fingerprint density at radius 3 is 2.05 bits per heavy atom. The zero-order chi connectivity index (χ0) is 28.7. The number of benzene rings is 4. The van der Waals surface area contributed by atoms with Crippen LogP contribution in [0.4, 0.5) is 17.6 Å². The Bertz CT molecular complexity index is 1860. The summed E-state index contributed by atoms with van der Waals surface area (Å²) < 4.78 is 52.3. The third-order valence-corrected chi connectivity index (χ3v) is 7.31. The Kier molecular flexibility index (Phi) is 8.09. The summed E-state index contributed by atoms with van der Waals surface area (Å²) in [7, 11) is 0. The van der Waals surface area contributed by atoms with Crippen LogP contribution < -0.4 is 0 Å². The van der Waals surface area contributed by atoms with Crippen LogP contribution in [0, 0.1) is 35.4 Å². The van der Waals surface area contributed by atoms with Gasteiger partial charge in [0.25, 0.3) is 0 Å². The van der Waals surface area contributed by atoms with Gasteiger partial charge in [0.1, 0.15) is 5.82 Å². The van der Waals surface area contributed by atoms with Gasteiger partial charge >= 0.3 is 0 Å². The summed E-state index contributed by atoms with van der Waals surface area (Å²) in [6, 6.07) is 29.4. The van der Waals surface area contributed by atoms with Crippen molar-refractivity contribution in [3.05, 3.63) is 144 Å². The SMILES string of the molecule is CC1(C)c2cc3ccccc3cc2-c2ccnc(-c3[c-]cc(F)c(F)c3)c21.Fc1c[c-]c(-c2ccc(F)cn2)cc1.[Ir]. The molecule has 7 heteroatoms. The number of hydrogen-bond donors (Lipinski definition) is 0. The maximum atomic E-state index is 13.8. The Balaban J connectivity index is 0.000000200. The van der Waals surface area contributed by atoms with Crippen molar-refractivity contribution >= 4 is 10.8 Å². The molecule has 0 unspecified atom stereocenters. The summed E-state index contributed by atoms with van der Waals surface area (Å²) in [5.74, 6) is -2.53. The van der Waals surface area contributed by atoms with E-state index < -0.39 is 17.5 Å². The minimum atomic E-state index is -0.903. The van der Waals surface area contributed by atoms with Crippen molar-refractivity contribution in [3.63, 3.8) is 0 Å². The monoisotopic (exact) mass is 739 g/mol. The number of aromatic nitrogens is 2. The quantitative estimate of drug-likeness (QED) is 0.131. The summed E-state index contributed by atoms with van der Waals surface area (Å²) >= 11 is 0. The van der Waals surface area contributed by atoms with Crippen molar-refractivity contribution in [2.75, 3.05) is 0 Å². The predicted molar refractivity (Wildman–Crippen MR) is 152 cm³/mol. The number of halogens is 4. The minimum absolute atomic E-state index is 0. The number of nitrogens with zero attached hydrogens (tertiary/aromatic N) is 2. The Morgan fingerprint density at radius 1 is 0.667 bits per heavy atom. The summed E-state index contributed by atoms with van der Waals surface area (Å²) in [6.45, 7) is 4.30. The minimum Gasteiger partial charge on any atom is -0.304 e. The smallest absolute Gasteiger partial charge is 0.139 e. The van der Waals surface area contributed by atoms with Gasteiger partial charge in [0.2, 0.25) is 0 Å². The van der Waals surface area contributed by atoms with Crippen LogP contribution in [0.5, 0.6) is 0 Å². The molecule has 1 radical (unpaired) electrons. The first-order valence-electron chi connectivity index (χ1n) is 12.9. The van der Waals surface area contributed by atoms with Crippen LogP contribution in [0.2, 0.25) is 0 Å². The second kappa shape index (κ2) is 11.6. The van der Waals surface area contributed by atoms with E-state index in [4.69, 9.17) is 0 Å². The van der Waals surface area contributed by atoms with Gasteiger partial charge in [-0.1, -0.05) is 44.2 Å². The third-order valence-electron chi connectivity index (χ3n) is 7.31. The fourth-order valence-electron chi connectivity index (χ4n) is 5.32. The Morgan fingerprint density at radius 2 is 1.38 bits per heavy atom. The van der Waals surface area contributed by atoms with E-state index in [0.717, 1.165) is 23.4 Å². The van der Waals surface area contributed by atoms with E-state index in [2.05, 4.69) is 60.2 Å². The van der Waals surface area contributed by atoms with E-state index in [9.17, 15) is 17.6 Å². The van der Waals surface area contributed by atoms with Crippen LogP contribution in [0.3, 0.4) is 0 Å². The molecule has 4 aromatic carbocycles.